The minimum absolute atomic E-state index is 0.107. The maximum absolute atomic E-state index is 11.3. The number of carbonyl (C=O) groups is 1. The molecule has 0 saturated heterocycles. The molecule has 1 rings (SSSR count). The van der Waals surface area contributed by atoms with Crippen LogP contribution < -0.4 is 0 Å². The van der Waals surface area contributed by atoms with E-state index in [-0.39, 0.29) is 5.97 Å². The van der Waals surface area contributed by atoms with E-state index in [1.165, 1.54) is 0 Å². The Morgan fingerprint density at radius 3 is 2.74 bits per heavy atom. The summed E-state index contributed by atoms with van der Waals surface area (Å²) in [7, 11) is 0. The maximum Gasteiger partial charge on any atom is 0.306 e. The lowest BCUT2D eigenvalue weighted by Gasteiger charge is -2.03. The molecule has 1 aromatic heterocycles. The SMILES string of the molecule is CC.CCCCCOC(=O)CCSc1ccccn1. The smallest absolute Gasteiger partial charge is 0.306 e. The lowest BCUT2D eigenvalue weighted by Crippen LogP contribution is -2.06. The third-order valence-electron chi connectivity index (χ3n) is 2.20. The van der Waals surface area contributed by atoms with Crippen LogP contribution in [0.5, 0.6) is 0 Å². The lowest BCUT2D eigenvalue weighted by atomic mass is 10.3. The third kappa shape index (κ3) is 10.6. The van der Waals surface area contributed by atoms with E-state index in [2.05, 4.69) is 11.9 Å². The normalized spacial score (nSPS) is 9.42. The molecular weight excluding hydrogens is 258 g/mol. The Kier molecular flexibility index (Phi) is 12.7. The van der Waals surface area contributed by atoms with E-state index in [1.54, 1.807) is 18.0 Å². The van der Waals surface area contributed by atoms with Crippen LogP contribution in [-0.2, 0) is 9.53 Å². The number of hydrogen-bond acceptors (Lipinski definition) is 4. The molecule has 0 aliphatic heterocycles. The van der Waals surface area contributed by atoms with Crippen molar-refractivity contribution in [1.29, 1.82) is 0 Å². The predicted molar refractivity (Wildman–Crippen MR) is 81.4 cm³/mol. The zero-order chi connectivity index (χ0) is 14.3. The van der Waals surface area contributed by atoms with E-state index >= 15 is 0 Å². The fourth-order valence-electron chi connectivity index (χ4n) is 1.28. The van der Waals surface area contributed by atoms with E-state index in [9.17, 15) is 4.79 Å². The fraction of sp³-hybridized carbons (Fsp3) is 0.600. The summed E-state index contributed by atoms with van der Waals surface area (Å²) < 4.78 is 5.11. The number of hydrogen-bond donors (Lipinski definition) is 0. The molecule has 0 unspecified atom stereocenters. The molecule has 0 spiro atoms. The highest BCUT2D eigenvalue weighted by atomic mass is 32.2. The molecule has 0 atom stereocenters. The van der Waals surface area contributed by atoms with Gasteiger partial charge >= 0.3 is 5.97 Å². The van der Waals surface area contributed by atoms with Crippen LogP contribution in [0.3, 0.4) is 0 Å². The first-order valence-electron chi connectivity index (χ1n) is 7.02. The molecule has 0 N–H and O–H groups in total. The van der Waals surface area contributed by atoms with Gasteiger partial charge in [-0.25, -0.2) is 4.98 Å². The highest BCUT2D eigenvalue weighted by Gasteiger charge is 2.03. The van der Waals surface area contributed by atoms with Crippen molar-refractivity contribution in [1.82, 2.24) is 4.98 Å². The number of esters is 1. The van der Waals surface area contributed by atoms with Gasteiger partial charge in [-0.1, -0.05) is 39.7 Å². The molecule has 0 radical (unpaired) electrons. The number of rotatable bonds is 8. The summed E-state index contributed by atoms with van der Waals surface area (Å²) in [6.45, 7) is 6.69. The van der Waals surface area contributed by atoms with Crippen molar-refractivity contribution in [2.24, 2.45) is 0 Å². The first kappa shape index (κ1) is 18.0. The summed E-state index contributed by atoms with van der Waals surface area (Å²) in [5.41, 5.74) is 0. The Bertz CT molecular complexity index is 317. The van der Waals surface area contributed by atoms with Crippen molar-refractivity contribution in [3.05, 3.63) is 24.4 Å². The molecule has 0 aromatic carbocycles. The first-order valence-corrected chi connectivity index (χ1v) is 8.01. The highest BCUT2D eigenvalue weighted by Crippen LogP contribution is 2.15. The Hall–Kier alpha value is -1.03. The molecule has 1 aromatic rings. The van der Waals surface area contributed by atoms with Crippen LogP contribution in [0.2, 0.25) is 0 Å². The molecule has 0 bridgehead atoms. The van der Waals surface area contributed by atoms with Gasteiger partial charge in [-0.05, 0) is 18.6 Å². The fourth-order valence-corrected chi connectivity index (χ4v) is 2.07. The minimum atomic E-state index is -0.107. The second-order valence-corrected chi connectivity index (χ2v) is 4.81. The molecule has 0 fully saturated rings. The van der Waals surface area contributed by atoms with Crippen LogP contribution in [0.1, 0.15) is 46.5 Å². The van der Waals surface area contributed by atoms with Gasteiger partial charge in [-0.3, -0.25) is 4.79 Å². The third-order valence-corrected chi connectivity index (χ3v) is 3.15. The standard InChI is InChI=1S/C13H19NO2S.C2H6/c1-2-3-6-10-16-13(15)8-11-17-12-7-4-5-9-14-12;1-2/h4-5,7,9H,2-3,6,8,10-11H2,1H3;1-2H3. The summed E-state index contributed by atoms with van der Waals surface area (Å²) in [4.78, 5) is 15.5. The van der Waals surface area contributed by atoms with Crippen molar-refractivity contribution in [2.45, 2.75) is 51.5 Å². The first-order chi connectivity index (χ1) is 9.33. The quantitative estimate of drug-likeness (QED) is 0.404. The molecule has 0 aliphatic carbocycles. The highest BCUT2D eigenvalue weighted by molar-refractivity contribution is 7.99. The molecule has 0 amide bonds. The molecule has 4 heteroatoms. The van der Waals surface area contributed by atoms with Gasteiger partial charge in [0, 0.05) is 11.9 Å². The summed E-state index contributed by atoms with van der Waals surface area (Å²) in [5.74, 6) is 0.619. The van der Waals surface area contributed by atoms with Crippen molar-refractivity contribution in [3.8, 4) is 0 Å². The Morgan fingerprint density at radius 1 is 1.32 bits per heavy atom. The molecule has 0 aliphatic rings. The molecule has 108 valence electrons. The predicted octanol–water partition coefficient (Wildman–Crippen LogP) is 4.32. The van der Waals surface area contributed by atoms with Gasteiger partial charge in [0.15, 0.2) is 0 Å². The molecular formula is C15H25NO2S. The van der Waals surface area contributed by atoms with Gasteiger partial charge in [0.05, 0.1) is 18.1 Å². The number of thioether (sulfide) groups is 1. The summed E-state index contributed by atoms with van der Waals surface area (Å²) >= 11 is 1.58. The second-order valence-electron chi connectivity index (χ2n) is 3.69. The number of carbonyl (C=O) groups excluding carboxylic acids is 1. The van der Waals surface area contributed by atoms with E-state index in [0.717, 1.165) is 30.0 Å². The van der Waals surface area contributed by atoms with Crippen LogP contribution >= 0.6 is 11.8 Å². The maximum atomic E-state index is 11.3. The Morgan fingerprint density at radius 2 is 2.11 bits per heavy atom. The Labute approximate surface area is 121 Å². The number of unbranched alkanes of at least 4 members (excludes halogenated alkanes) is 2. The van der Waals surface area contributed by atoms with Crippen molar-refractivity contribution in [3.63, 3.8) is 0 Å². The number of ether oxygens (including phenoxy) is 1. The van der Waals surface area contributed by atoms with Gasteiger partial charge in [0.1, 0.15) is 0 Å². The largest absolute Gasteiger partial charge is 0.466 e. The molecule has 0 saturated carbocycles. The van der Waals surface area contributed by atoms with Gasteiger partial charge in [-0.15, -0.1) is 11.8 Å². The number of aromatic nitrogens is 1. The second kappa shape index (κ2) is 13.4. The number of nitrogens with zero attached hydrogens (tertiary/aromatic N) is 1. The minimum Gasteiger partial charge on any atom is -0.466 e. The van der Waals surface area contributed by atoms with Gasteiger partial charge in [0.2, 0.25) is 0 Å². The topological polar surface area (TPSA) is 39.2 Å². The van der Waals surface area contributed by atoms with Crippen molar-refractivity contribution >= 4 is 17.7 Å². The van der Waals surface area contributed by atoms with Crippen LogP contribution in [0.4, 0.5) is 0 Å². The van der Waals surface area contributed by atoms with E-state index in [4.69, 9.17) is 4.74 Å². The molecule has 19 heavy (non-hydrogen) atoms. The van der Waals surface area contributed by atoms with E-state index < -0.39 is 0 Å². The van der Waals surface area contributed by atoms with Crippen LogP contribution in [0.25, 0.3) is 0 Å². The van der Waals surface area contributed by atoms with Gasteiger partial charge < -0.3 is 4.74 Å². The van der Waals surface area contributed by atoms with Crippen LogP contribution in [0.15, 0.2) is 29.4 Å². The monoisotopic (exact) mass is 283 g/mol. The number of pyridine rings is 1. The average Bonchev–Trinajstić information content (AvgIpc) is 2.47. The molecule has 1 heterocycles. The van der Waals surface area contributed by atoms with Crippen molar-refractivity contribution in [2.75, 3.05) is 12.4 Å². The average molecular weight is 283 g/mol. The summed E-state index contributed by atoms with van der Waals surface area (Å²) in [6.07, 6.45) is 5.44. The van der Waals surface area contributed by atoms with E-state index in [0.29, 0.717) is 13.0 Å². The zero-order valence-electron chi connectivity index (χ0n) is 12.2. The van der Waals surface area contributed by atoms with Crippen LogP contribution in [0, 0.1) is 0 Å². The Balaban J connectivity index is 0.00000154. The summed E-state index contributed by atoms with van der Waals surface area (Å²) in [5, 5.41) is 0.950. The molecule has 3 nitrogen and oxygen atoms in total. The van der Waals surface area contributed by atoms with Gasteiger partial charge in [-0.2, -0.15) is 0 Å². The van der Waals surface area contributed by atoms with Crippen LogP contribution in [-0.4, -0.2) is 23.3 Å². The van der Waals surface area contributed by atoms with E-state index in [1.807, 2.05) is 32.0 Å². The zero-order valence-corrected chi connectivity index (χ0v) is 13.0. The van der Waals surface area contributed by atoms with Crippen molar-refractivity contribution < 1.29 is 9.53 Å². The van der Waals surface area contributed by atoms with Gasteiger partial charge in [0.25, 0.3) is 0 Å². The summed E-state index contributed by atoms with van der Waals surface area (Å²) in [6, 6.07) is 5.77. The lowest BCUT2D eigenvalue weighted by molar-refractivity contribution is -0.143.